The number of ether oxygens (including phenoxy) is 1. The van der Waals surface area contributed by atoms with Crippen molar-refractivity contribution in [2.24, 2.45) is 0 Å². The van der Waals surface area contributed by atoms with Crippen molar-refractivity contribution in [2.45, 2.75) is 6.04 Å². The summed E-state index contributed by atoms with van der Waals surface area (Å²) in [6, 6.07) is 0.623. The molecule has 0 aliphatic heterocycles. The molecule has 0 radical (unpaired) electrons. The molecule has 0 saturated heterocycles. The minimum Gasteiger partial charge on any atom is -0.480 e. The van der Waals surface area contributed by atoms with Gasteiger partial charge in [0.2, 0.25) is 0 Å². The highest BCUT2D eigenvalue weighted by molar-refractivity contribution is 7.13. The number of aromatic nitrogens is 1. The van der Waals surface area contributed by atoms with Crippen LogP contribution >= 0.6 is 11.3 Å². The Morgan fingerprint density at radius 1 is 1.60 bits per heavy atom. The van der Waals surface area contributed by atoms with Crippen LogP contribution in [-0.2, 0) is 9.53 Å². The van der Waals surface area contributed by atoms with Gasteiger partial charge in [0.05, 0.1) is 12.9 Å². The number of amides is 1. The van der Waals surface area contributed by atoms with Crippen LogP contribution in [0.3, 0.4) is 0 Å². The molecule has 8 heteroatoms. The number of thiazole rings is 1. The van der Waals surface area contributed by atoms with Gasteiger partial charge in [-0.3, -0.25) is 4.79 Å². The lowest BCUT2D eigenvalue weighted by atomic mass is 10.3. The second-order valence-corrected chi connectivity index (χ2v) is 4.73. The van der Waals surface area contributed by atoms with E-state index in [1.54, 1.807) is 11.4 Å². The van der Waals surface area contributed by atoms with E-state index in [9.17, 15) is 9.59 Å². The predicted octanol–water partition coefficient (Wildman–Crippen LogP) is 1.23. The van der Waals surface area contributed by atoms with Gasteiger partial charge in [-0.05, 0) is 6.07 Å². The molecule has 0 saturated carbocycles. The molecule has 0 aliphatic carbocycles. The smallest absolute Gasteiger partial charge is 0.328 e. The second kappa shape index (κ2) is 6.31. The number of furan rings is 1. The SMILES string of the molecule is COCC(NC(=O)c1csc(-c2ccoc2)n1)C(=O)O. The van der Waals surface area contributed by atoms with E-state index in [-0.39, 0.29) is 12.3 Å². The summed E-state index contributed by atoms with van der Waals surface area (Å²) in [5, 5.41) is 13.5. The van der Waals surface area contributed by atoms with Crippen LogP contribution in [0.1, 0.15) is 10.5 Å². The molecule has 2 heterocycles. The van der Waals surface area contributed by atoms with E-state index in [1.807, 2.05) is 0 Å². The Kier molecular flexibility index (Phi) is 4.49. The maximum atomic E-state index is 11.9. The van der Waals surface area contributed by atoms with Crippen LogP contribution in [-0.4, -0.2) is 41.7 Å². The summed E-state index contributed by atoms with van der Waals surface area (Å²) in [5.41, 5.74) is 0.925. The van der Waals surface area contributed by atoms with Crippen molar-refractivity contribution in [3.05, 3.63) is 29.7 Å². The molecule has 106 valence electrons. The molecule has 2 aromatic rings. The first-order valence-corrected chi connectivity index (χ1v) is 6.50. The molecule has 1 atom stereocenters. The molecule has 0 spiro atoms. The van der Waals surface area contributed by atoms with Crippen molar-refractivity contribution in [2.75, 3.05) is 13.7 Å². The molecule has 0 fully saturated rings. The van der Waals surface area contributed by atoms with Gasteiger partial charge < -0.3 is 19.6 Å². The monoisotopic (exact) mass is 296 g/mol. The van der Waals surface area contributed by atoms with Crippen molar-refractivity contribution >= 4 is 23.2 Å². The number of carbonyl (C=O) groups is 2. The molecule has 1 amide bonds. The number of hydrogen-bond donors (Lipinski definition) is 2. The minimum atomic E-state index is -1.16. The van der Waals surface area contributed by atoms with Crippen LogP contribution in [0, 0.1) is 0 Å². The summed E-state index contributed by atoms with van der Waals surface area (Å²) >= 11 is 1.27. The third-order valence-corrected chi connectivity index (χ3v) is 3.33. The maximum absolute atomic E-state index is 11.9. The van der Waals surface area contributed by atoms with Crippen molar-refractivity contribution in [1.29, 1.82) is 0 Å². The molecule has 20 heavy (non-hydrogen) atoms. The number of carboxylic acids is 1. The van der Waals surface area contributed by atoms with E-state index < -0.39 is 17.9 Å². The van der Waals surface area contributed by atoms with Crippen LogP contribution in [0.4, 0.5) is 0 Å². The van der Waals surface area contributed by atoms with E-state index in [0.717, 1.165) is 5.56 Å². The Balaban J connectivity index is 2.08. The molecule has 7 nitrogen and oxygen atoms in total. The second-order valence-electron chi connectivity index (χ2n) is 3.87. The zero-order valence-electron chi connectivity index (χ0n) is 10.5. The van der Waals surface area contributed by atoms with E-state index in [2.05, 4.69) is 10.3 Å². The summed E-state index contributed by atoms with van der Waals surface area (Å²) in [7, 11) is 1.36. The Hall–Kier alpha value is -2.19. The Labute approximate surface area is 118 Å². The van der Waals surface area contributed by atoms with Crippen LogP contribution in [0.25, 0.3) is 10.6 Å². The van der Waals surface area contributed by atoms with E-state index in [0.29, 0.717) is 5.01 Å². The van der Waals surface area contributed by atoms with E-state index in [4.69, 9.17) is 14.3 Å². The third kappa shape index (κ3) is 3.22. The van der Waals surface area contributed by atoms with Crippen molar-refractivity contribution in [3.8, 4) is 10.6 Å². The number of nitrogens with zero attached hydrogens (tertiary/aromatic N) is 1. The number of carbonyl (C=O) groups excluding carboxylic acids is 1. The number of methoxy groups -OCH3 is 1. The van der Waals surface area contributed by atoms with Gasteiger partial charge in [0.1, 0.15) is 17.0 Å². The van der Waals surface area contributed by atoms with Gasteiger partial charge in [-0.2, -0.15) is 0 Å². The lowest BCUT2D eigenvalue weighted by Gasteiger charge is -2.12. The zero-order valence-corrected chi connectivity index (χ0v) is 11.3. The van der Waals surface area contributed by atoms with Crippen molar-refractivity contribution in [1.82, 2.24) is 10.3 Å². The first kappa shape index (κ1) is 14.2. The molecular weight excluding hydrogens is 284 g/mol. The van der Waals surface area contributed by atoms with Crippen molar-refractivity contribution in [3.63, 3.8) is 0 Å². The maximum Gasteiger partial charge on any atom is 0.328 e. The lowest BCUT2D eigenvalue weighted by Crippen LogP contribution is -2.43. The Morgan fingerprint density at radius 3 is 3.00 bits per heavy atom. The Morgan fingerprint density at radius 2 is 2.40 bits per heavy atom. The summed E-state index contributed by atoms with van der Waals surface area (Å²) in [6.07, 6.45) is 3.03. The molecular formula is C12H12N2O5S. The van der Waals surface area contributed by atoms with Crippen LogP contribution < -0.4 is 5.32 Å². The number of hydrogen-bond acceptors (Lipinski definition) is 6. The number of nitrogens with one attached hydrogen (secondary N) is 1. The largest absolute Gasteiger partial charge is 0.480 e. The molecule has 0 aliphatic rings. The molecule has 2 rings (SSSR count). The fraction of sp³-hybridized carbons (Fsp3) is 0.250. The van der Waals surface area contributed by atoms with Gasteiger partial charge in [0.15, 0.2) is 6.04 Å². The first-order chi connectivity index (χ1) is 9.61. The third-order valence-electron chi connectivity index (χ3n) is 2.44. The molecule has 0 aromatic carbocycles. The topological polar surface area (TPSA) is 102 Å². The fourth-order valence-electron chi connectivity index (χ4n) is 1.47. The summed E-state index contributed by atoms with van der Waals surface area (Å²) in [5.74, 6) is -1.72. The minimum absolute atomic E-state index is 0.111. The van der Waals surface area contributed by atoms with Crippen LogP contribution in [0.15, 0.2) is 28.4 Å². The normalized spacial score (nSPS) is 12.1. The first-order valence-electron chi connectivity index (χ1n) is 5.62. The summed E-state index contributed by atoms with van der Waals surface area (Å²) in [6.45, 7) is -0.111. The van der Waals surface area contributed by atoms with Gasteiger partial charge in [-0.15, -0.1) is 11.3 Å². The number of aliphatic carboxylic acids is 1. The zero-order chi connectivity index (χ0) is 14.5. The standard InChI is InChI=1S/C12H12N2O5S/c1-18-5-8(12(16)17)13-10(15)9-6-20-11(14-9)7-2-3-19-4-7/h2-4,6,8H,5H2,1H3,(H,13,15)(H,16,17). The number of carboxylic acid groups (broad SMARTS) is 1. The summed E-state index contributed by atoms with van der Waals surface area (Å²) < 4.78 is 9.68. The highest BCUT2D eigenvalue weighted by Crippen LogP contribution is 2.23. The van der Waals surface area contributed by atoms with Crippen molar-refractivity contribution < 1.29 is 23.8 Å². The van der Waals surface area contributed by atoms with Crippen LogP contribution in [0.2, 0.25) is 0 Å². The summed E-state index contributed by atoms with van der Waals surface area (Å²) in [4.78, 5) is 27.0. The Bertz CT molecular complexity index is 593. The fourth-order valence-corrected chi connectivity index (χ4v) is 2.26. The average molecular weight is 296 g/mol. The van der Waals surface area contributed by atoms with Gasteiger partial charge in [0, 0.05) is 18.1 Å². The van der Waals surface area contributed by atoms with E-state index >= 15 is 0 Å². The van der Waals surface area contributed by atoms with Gasteiger partial charge in [-0.25, -0.2) is 9.78 Å². The highest BCUT2D eigenvalue weighted by atomic mass is 32.1. The molecule has 2 N–H and O–H groups in total. The lowest BCUT2D eigenvalue weighted by molar-refractivity contribution is -0.140. The van der Waals surface area contributed by atoms with Gasteiger partial charge >= 0.3 is 5.97 Å². The molecule has 1 unspecified atom stereocenters. The van der Waals surface area contributed by atoms with Gasteiger partial charge in [0.25, 0.3) is 5.91 Å². The average Bonchev–Trinajstić information content (AvgIpc) is 3.08. The number of rotatable bonds is 6. The van der Waals surface area contributed by atoms with Crippen LogP contribution in [0.5, 0.6) is 0 Å². The van der Waals surface area contributed by atoms with E-state index in [1.165, 1.54) is 31.0 Å². The molecule has 0 bridgehead atoms. The molecule has 2 aromatic heterocycles. The van der Waals surface area contributed by atoms with Gasteiger partial charge in [-0.1, -0.05) is 0 Å². The predicted molar refractivity (Wildman–Crippen MR) is 70.6 cm³/mol. The highest BCUT2D eigenvalue weighted by Gasteiger charge is 2.22. The quantitative estimate of drug-likeness (QED) is 0.831.